The van der Waals surface area contributed by atoms with Gasteiger partial charge in [-0.3, -0.25) is 4.79 Å². The van der Waals surface area contributed by atoms with Gasteiger partial charge in [-0.25, -0.2) is 0 Å². The van der Waals surface area contributed by atoms with E-state index < -0.39 is 0 Å². The average molecular weight is 189 g/mol. The molecule has 4 heteroatoms. The number of hydrogen-bond acceptors (Lipinski definition) is 4. The molecule has 1 unspecified atom stereocenters. The molecule has 0 heterocycles. The summed E-state index contributed by atoms with van der Waals surface area (Å²) >= 11 is 0. The van der Waals surface area contributed by atoms with E-state index in [2.05, 4.69) is 5.32 Å². The fourth-order valence-corrected chi connectivity index (χ4v) is 0.765. The molecule has 0 saturated carbocycles. The lowest BCUT2D eigenvalue weighted by Crippen LogP contribution is -2.32. The first kappa shape index (κ1) is 12.4. The first-order valence-electron chi connectivity index (χ1n) is 4.49. The molecular formula is C9H19NO3. The monoisotopic (exact) mass is 189 g/mol. The highest BCUT2D eigenvalue weighted by Gasteiger charge is 2.05. The summed E-state index contributed by atoms with van der Waals surface area (Å²) in [4.78, 5) is 11.0. The Kier molecular flexibility index (Phi) is 6.54. The van der Waals surface area contributed by atoms with Crippen molar-refractivity contribution in [1.82, 2.24) is 5.32 Å². The zero-order chi connectivity index (χ0) is 10.3. The van der Waals surface area contributed by atoms with Crippen molar-refractivity contribution in [2.45, 2.75) is 33.0 Å². The lowest BCUT2D eigenvalue weighted by molar-refractivity contribution is -0.146. The number of carbonyl (C=O) groups excluding carboxylic acids is 1. The largest absolute Gasteiger partial charge is 0.462 e. The van der Waals surface area contributed by atoms with Gasteiger partial charge in [-0.2, -0.15) is 0 Å². The molecule has 0 rings (SSSR count). The maximum absolute atomic E-state index is 11.0. The number of methoxy groups -OCH3 is 1. The first-order valence-corrected chi connectivity index (χ1v) is 4.49. The summed E-state index contributed by atoms with van der Waals surface area (Å²) in [6.45, 7) is 6.49. The van der Waals surface area contributed by atoms with Crippen LogP contribution in [0.4, 0.5) is 0 Å². The lowest BCUT2D eigenvalue weighted by atomic mass is 10.4. The molecule has 13 heavy (non-hydrogen) atoms. The Morgan fingerprint density at radius 1 is 1.38 bits per heavy atom. The highest BCUT2D eigenvalue weighted by Crippen LogP contribution is 1.88. The topological polar surface area (TPSA) is 47.6 Å². The smallest absolute Gasteiger partial charge is 0.320 e. The minimum Gasteiger partial charge on any atom is -0.462 e. The molecule has 0 aliphatic heterocycles. The maximum atomic E-state index is 11.0. The number of nitrogens with one attached hydrogen (secondary N) is 1. The van der Waals surface area contributed by atoms with E-state index in [1.165, 1.54) is 0 Å². The standard InChI is InChI=1S/C9H19NO3/c1-7(2)13-9(11)6-10-5-8(3)12-4/h7-8,10H,5-6H2,1-4H3. The van der Waals surface area contributed by atoms with Crippen LogP contribution in [0.1, 0.15) is 20.8 Å². The van der Waals surface area contributed by atoms with Crippen LogP contribution in [0.5, 0.6) is 0 Å². The molecule has 0 fully saturated rings. The van der Waals surface area contributed by atoms with Crippen LogP contribution in [-0.4, -0.2) is 38.4 Å². The van der Waals surface area contributed by atoms with E-state index >= 15 is 0 Å². The zero-order valence-electron chi connectivity index (χ0n) is 8.79. The van der Waals surface area contributed by atoms with Gasteiger partial charge >= 0.3 is 5.97 Å². The molecule has 0 radical (unpaired) electrons. The third kappa shape index (κ3) is 7.74. The van der Waals surface area contributed by atoms with Crippen molar-refractivity contribution >= 4 is 5.97 Å². The van der Waals surface area contributed by atoms with Gasteiger partial charge in [0.25, 0.3) is 0 Å². The van der Waals surface area contributed by atoms with E-state index in [0.717, 1.165) is 0 Å². The summed E-state index contributed by atoms with van der Waals surface area (Å²) in [6, 6.07) is 0. The van der Waals surface area contributed by atoms with Gasteiger partial charge in [-0.05, 0) is 20.8 Å². The Bertz CT molecular complexity index is 148. The Balaban J connectivity index is 3.37. The predicted octanol–water partition coefficient (Wildman–Crippen LogP) is 0.562. The second kappa shape index (κ2) is 6.86. The fourth-order valence-electron chi connectivity index (χ4n) is 0.765. The Morgan fingerprint density at radius 3 is 2.46 bits per heavy atom. The SMILES string of the molecule is COC(C)CNCC(=O)OC(C)C. The molecule has 0 spiro atoms. The maximum Gasteiger partial charge on any atom is 0.320 e. The summed E-state index contributed by atoms with van der Waals surface area (Å²) in [5.41, 5.74) is 0. The highest BCUT2D eigenvalue weighted by molar-refractivity contribution is 5.71. The quantitative estimate of drug-likeness (QED) is 0.620. The molecule has 0 aromatic carbocycles. The zero-order valence-corrected chi connectivity index (χ0v) is 8.79. The summed E-state index contributed by atoms with van der Waals surface area (Å²) in [7, 11) is 1.64. The summed E-state index contributed by atoms with van der Waals surface area (Å²) in [5, 5.41) is 2.94. The summed E-state index contributed by atoms with van der Waals surface area (Å²) in [5.74, 6) is -0.224. The number of carbonyl (C=O) groups is 1. The molecule has 0 aliphatic rings. The number of hydrogen-bond donors (Lipinski definition) is 1. The van der Waals surface area contributed by atoms with Gasteiger partial charge < -0.3 is 14.8 Å². The Morgan fingerprint density at radius 2 is 2.00 bits per heavy atom. The first-order chi connectivity index (χ1) is 6.06. The summed E-state index contributed by atoms with van der Waals surface area (Å²) in [6.07, 6.45) is 0.0704. The molecule has 0 saturated heterocycles. The minimum atomic E-state index is -0.224. The molecule has 0 bridgehead atoms. The summed E-state index contributed by atoms with van der Waals surface area (Å²) < 4.78 is 9.92. The van der Waals surface area contributed by atoms with Gasteiger partial charge in [-0.1, -0.05) is 0 Å². The molecule has 1 atom stereocenters. The van der Waals surface area contributed by atoms with Crippen LogP contribution in [0.25, 0.3) is 0 Å². The molecule has 0 amide bonds. The predicted molar refractivity (Wildman–Crippen MR) is 50.6 cm³/mol. The molecule has 1 N–H and O–H groups in total. The Hall–Kier alpha value is -0.610. The van der Waals surface area contributed by atoms with Gasteiger partial charge in [0.1, 0.15) is 0 Å². The fraction of sp³-hybridized carbons (Fsp3) is 0.889. The van der Waals surface area contributed by atoms with Gasteiger partial charge in [0.2, 0.25) is 0 Å². The van der Waals surface area contributed by atoms with Gasteiger partial charge in [0.05, 0.1) is 18.8 Å². The van der Waals surface area contributed by atoms with E-state index in [0.29, 0.717) is 6.54 Å². The van der Waals surface area contributed by atoms with Crippen molar-refractivity contribution in [3.8, 4) is 0 Å². The van der Waals surface area contributed by atoms with E-state index in [1.54, 1.807) is 7.11 Å². The van der Waals surface area contributed by atoms with Crippen LogP contribution in [0.2, 0.25) is 0 Å². The minimum absolute atomic E-state index is 0.0471. The van der Waals surface area contributed by atoms with Crippen molar-refractivity contribution in [3.63, 3.8) is 0 Å². The van der Waals surface area contributed by atoms with E-state index in [1.807, 2.05) is 20.8 Å². The van der Waals surface area contributed by atoms with Crippen molar-refractivity contribution in [1.29, 1.82) is 0 Å². The molecule has 4 nitrogen and oxygen atoms in total. The second-order valence-electron chi connectivity index (χ2n) is 3.22. The van der Waals surface area contributed by atoms with Crippen LogP contribution in [0, 0.1) is 0 Å². The van der Waals surface area contributed by atoms with Crippen molar-refractivity contribution in [2.24, 2.45) is 0 Å². The van der Waals surface area contributed by atoms with Crippen LogP contribution in [0.15, 0.2) is 0 Å². The average Bonchev–Trinajstić information content (AvgIpc) is 2.02. The molecule has 0 aromatic rings. The van der Waals surface area contributed by atoms with Crippen LogP contribution >= 0.6 is 0 Å². The molecule has 0 aromatic heterocycles. The Labute approximate surface area is 79.6 Å². The third-order valence-corrected chi connectivity index (χ3v) is 1.47. The highest BCUT2D eigenvalue weighted by atomic mass is 16.5. The number of ether oxygens (including phenoxy) is 2. The number of rotatable bonds is 6. The van der Waals surface area contributed by atoms with Crippen molar-refractivity contribution < 1.29 is 14.3 Å². The second-order valence-corrected chi connectivity index (χ2v) is 3.22. The molecule has 78 valence electrons. The van der Waals surface area contributed by atoms with E-state index in [-0.39, 0.29) is 24.7 Å². The van der Waals surface area contributed by atoms with Crippen LogP contribution < -0.4 is 5.32 Å². The van der Waals surface area contributed by atoms with E-state index in [4.69, 9.17) is 9.47 Å². The molecule has 0 aliphatic carbocycles. The lowest BCUT2D eigenvalue weighted by Gasteiger charge is -2.11. The van der Waals surface area contributed by atoms with Crippen molar-refractivity contribution in [2.75, 3.05) is 20.2 Å². The molecular weight excluding hydrogens is 170 g/mol. The van der Waals surface area contributed by atoms with Gasteiger partial charge in [-0.15, -0.1) is 0 Å². The van der Waals surface area contributed by atoms with Crippen molar-refractivity contribution in [3.05, 3.63) is 0 Å². The normalized spacial score (nSPS) is 13.0. The third-order valence-electron chi connectivity index (χ3n) is 1.47. The van der Waals surface area contributed by atoms with Crippen LogP contribution in [0.3, 0.4) is 0 Å². The van der Waals surface area contributed by atoms with Crippen LogP contribution in [-0.2, 0) is 14.3 Å². The van der Waals surface area contributed by atoms with Gasteiger partial charge in [0.15, 0.2) is 0 Å². The number of esters is 1. The van der Waals surface area contributed by atoms with E-state index in [9.17, 15) is 4.79 Å². The van der Waals surface area contributed by atoms with Gasteiger partial charge in [0, 0.05) is 13.7 Å².